The van der Waals surface area contributed by atoms with Gasteiger partial charge in [0.1, 0.15) is 17.8 Å². The van der Waals surface area contributed by atoms with Crippen molar-refractivity contribution in [2.24, 2.45) is 0 Å². The van der Waals surface area contributed by atoms with Gasteiger partial charge in [-0.15, -0.1) is 0 Å². The highest BCUT2D eigenvalue weighted by atomic mass is 16.5. The van der Waals surface area contributed by atoms with Gasteiger partial charge in [0, 0.05) is 11.4 Å². The van der Waals surface area contributed by atoms with Gasteiger partial charge in [0.05, 0.1) is 17.6 Å². The van der Waals surface area contributed by atoms with E-state index >= 15 is 0 Å². The molecule has 0 atom stereocenters. The summed E-state index contributed by atoms with van der Waals surface area (Å²) in [7, 11) is 0. The molecule has 0 unspecified atom stereocenters. The van der Waals surface area contributed by atoms with Crippen molar-refractivity contribution in [1.82, 2.24) is 9.55 Å². The lowest BCUT2D eigenvalue weighted by molar-refractivity contribution is -0.118. The number of fused-ring (bicyclic) bond motifs is 1. The molecule has 4 aromatic rings. The first kappa shape index (κ1) is 18.6. The maximum absolute atomic E-state index is 12.2. The Hall–Kier alpha value is -3.80. The zero-order valence-corrected chi connectivity index (χ0v) is 16.0. The molecule has 0 saturated carbocycles. The van der Waals surface area contributed by atoms with Gasteiger partial charge >= 0.3 is 0 Å². The Labute approximate surface area is 168 Å². The third kappa shape index (κ3) is 4.38. The minimum absolute atomic E-state index is 0.0676. The largest absolute Gasteiger partial charge is 0.494 e. The molecule has 0 radical (unpaired) electrons. The van der Waals surface area contributed by atoms with Crippen LogP contribution in [-0.4, -0.2) is 28.7 Å². The summed E-state index contributed by atoms with van der Waals surface area (Å²) >= 11 is 0. The van der Waals surface area contributed by atoms with Crippen LogP contribution >= 0.6 is 0 Å². The summed E-state index contributed by atoms with van der Waals surface area (Å²) in [6.45, 7) is 2.47. The summed E-state index contributed by atoms with van der Waals surface area (Å²) in [5, 5.41) is 2.84. The Morgan fingerprint density at radius 3 is 2.34 bits per heavy atom. The Balaban J connectivity index is 1.35. The van der Waals surface area contributed by atoms with Gasteiger partial charge in [-0.25, -0.2) is 4.98 Å². The van der Waals surface area contributed by atoms with Crippen molar-refractivity contribution in [3.05, 3.63) is 79.1 Å². The standard InChI is InChI=1S/C23H21N3O3/c1-2-28-19-11-13-20(14-12-19)29-15-23(27)25-17-7-9-18(10-8-17)26-16-24-21-5-3-4-6-22(21)26/h3-14,16H,2,15H2,1H3,(H,25,27). The van der Waals surface area contributed by atoms with E-state index in [2.05, 4.69) is 10.3 Å². The van der Waals surface area contributed by atoms with Crippen LogP contribution in [0, 0.1) is 0 Å². The lowest BCUT2D eigenvalue weighted by Crippen LogP contribution is -2.20. The first-order valence-corrected chi connectivity index (χ1v) is 9.41. The summed E-state index contributed by atoms with van der Waals surface area (Å²) in [5.41, 5.74) is 3.66. The number of carbonyl (C=O) groups is 1. The maximum atomic E-state index is 12.2. The predicted molar refractivity (Wildman–Crippen MR) is 113 cm³/mol. The monoisotopic (exact) mass is 387 g/mol. The Morgan fingerprint density at radius 1 is 0.931 bits per heavy atom. The molecule has 4 rings (SSSR count). The van der Waals surface area contributed by atoms with Gasteiger partial charge in [-0.1, -0.05) is 12.1 Å². The van der Waals surface area contributed by atoms with Crippen LogP contribution in [0.1, 0.15) is 6.92 Å². The molecule has 0 bridgehead atoms. The summed E-state index contributed by atoms with van der Waals surface area (Å²) in [6, 6.07) is 22.7. The van der Waals surface area contributed by atoms with Gasteiger partial charge in [0.25, 0.3) is 5.91 Å². The average molecular weight is 387 g/mol. The summed E-state index contributed by atoms with van der Waals surface area (Å²) < 4.78 is 12.9. The number of hydrogen-bond acceptors (Lipinski definition) is 4. The molecule has 0 saturated heterocycles. The third-order valence-electron chi connectivity index (χ3n) is 4.39. The number of benzene rings is 3. The van der Waals surface area contributed by atoms with Crippen LogP contribution in [0.5, 0.6) is 11.5 Å². The average Bonchev–Trinajstić information content (AvgIpc) is 3.18. The first-order chi connectivity index (χ1) is 14.2. The molecule has 0 fully saturated rings. The minimum Gasteiger partial charge on any atom is -0.494 e. The summed E-state index contributed by atoms with van der Waals surface area (Å²) in [5.74, 6) is 1.17. The summed E-state index contributed by atoms with van der Waals surface area (Å²) in [6.07, 6.45) is 1.79. The van der Waals surface area contributed by atoms with Crippen LogP contribution < -0.4 is 14.8 Å². The van der Waals surface area contributed by atoms with Gasteiger partial charge in [-0.3, -0.25) is 9.36 Å². The van der Waals surface area contributed by atoms with E-state index in [0.717, 1.165) is 22.5 Å². The topological polar surface area (TPSA) is 65.4 Å². The number of aromatic nitrogens is 2. The molecule has 6 nitrogen and oxygen atoms in total. The number of amides is 1. The van der Waals surface area contributed by atoms with Crippen molar-refractivity contribution >= 4 is 22.6 Å². The molecule has 6 heteroatoms. The SMILES string of the molecule is CCOc1ccc(OCC(=O)Nc2ccc(-n3cnc4ccccc43)cc2)cc1. The zero-order chi connectivity index (χ0) is 20.1. The molecule has 3 aromatic carbocycles. The molecule has 0 aliphatic carbocycles. The maximum Gasteiger partial charge on any atom is 0.262 e. The number of nitrogens with one attached hydrogen (secondary N) is 1. The van der Waals surface area contributed by atoms with Crippen LogP contribution in [0.25, 0.3) is 16.7 Å². The molecule has 1 heterocycles. The quantitative estimate of drug-likeness (QED) is 0.509. The number of hydrogen-bond donors (Lipinski definition) is 1. The fourth-order valence-corrected chi connectivity index (χ4v) is 3.02. The van der Waals surface area contributed by atoms with Crippen LogP contribution in [0.4, 0.5) is 5.69 Å². The lowest BCUT2D eigenvalue weighted by Gasteiger charge is -2.10. The molecular formula is C23H21N3O3. The van der Waals surface area contributed by atoms with Crippen LogP contribution in [0.15, 0.2) is 79.1 Å². The van der Waals surface area contributed by atoms with Gasteiger partial charge in [-0.05, 0) is 67.6 Å². The van der Waals surface area contributed by atoms with E-state index in [1.807, 2.05) is 72.2 Å². The van der Waals surface area contributed by atoms with Crippen molar-refractivity contribution in [2.45, 2.75) is 6.92 Å². The number of nitrogens with zero attached hydrogens (tertiary/aromatic N) is 2. The van der Waals surface area contributed by atoms with E-state index in [9.17, 15) is 4.79 Å². The molecular weight excluding hydrogens is 366 g/mol. The Morgan fingerprint density at radius 2 is 1.62 bits per heavy atom. The lowest BCUT2D eigenvalue weighted by atomic mass is 10.2. The van der Waals surface area contributed by atoms with Crippen molar-refractivity contribution in [1.29, 1.82) is 0 Å². The molecule has 1 N–H and O–H groups in total. The third-order valence-corrected chi connectivity index (χ3v) is 4.39. The van der Waals surface area contributed by atoms with E-state index in [4.69, 9.17) is 9.47 Å². The number of imidazole rings is 1. The molecule has 0 aliphatic rings. The number of anilines is 1. The van der Waals surface area contributed by atoms with E-state index < -0.39 is 0 Å². The fraction of sp³-hybridized carbons (Fsp3) is 0.130. The summed E-state index contributed by atoms with van der Waals surface area (Å²) in [4.78, 5) is 16.6. The molecule has 1 amide bonds. The van der Waals surface area contributed by atoms with Crippen molar-refractivity contribution < 1.29 is 14.3 Å². The van der Waals surface area contributed by atoms with E-state index in [1.165, 1.54) is 0 Å². The predicted octanol–water partition coefficient (Wildman–Crippen LogP) is 4.44. The highest BCUT2D eigenvalue weighted by Crippen LogP contribution is 2.20. The van der Waals surface area contributed by atoms with Crippen molar-refractivity contribution in [3.63, 3.8) is 0 Å². The molecule has 146 valence electrons. The second-order valence-electron chi connectivity index (χ2n) is 6.39. The van der Waals surface area contributed by atoms with E-state index in [1.54, 1.807) is 18.5 Å². The molecule has 0 aliphatic heterocycles. The second kappa shape index (κ2) is 8.48. The van der Waals surface area contributed by atoms with Gasteiger partial charge in [0.15, 0.2) is 6.61 Å². The Kier molecular flexibility index (Phi) is 5.42. The molecule has 1 aromatic heterocycles. The number of ether oxygens (including phenoxy) is 2. The fourth-order valence-electron chi connectivity index (χ4n) is 3.02. The van der Waals surface area contributed by atoms with E-state index in [0.29, 0.717) is 18.0 Å². The Bertz CT molecular complexity index is 1100. The second-order valence-corrected chi connectivity index (χ2v) is 6.39. The highest BCUT2D eigenvalue weighted by molar-refractivity contribution is 5.92. The normalized spacial score (nSPS) is 10.7. The van der Waals surface area contributed by atoms with Crippen LogP contribution in [0.3, 0.4) is 0 Å². The van der Waals surface area contributed by atoms with Gasteiger partial charge < -0.3 is 14.8 Å². The first-order valence-electron chi connectivity index (χ1n) is 9.41. The number of carbonyl (C=O) groups excluding carboxylic acids is 1. The molecule has 0 spiro atoms. The minimum atomic E-state index is -0.222. The van der Waals surface area contributed by atoms with Gasteiger partial charge in [0.2, 0.25) is 0 Å². The number of rotatable bonds is 7. The van der Waals surface area contributed by atoms with E-state index in [-0.39, 0.29) is 12.5 Å². The smallest absolute Gasteiger partial charge is 0.262 e. The zero-order valence-electron chi connectivity index (χ0n) is 16.0. The highest BCUT2D eigenvalue weighted by Gasteiger charge is 2.06. The van der Waals surface area contributed by atoms with Crippen molar-refractivity contribution in [2.75, 3.05) is 18.5 Å². The van der Waals surface area contributed by atoms with Gasteiger partial charge in [-0.2, -0.15) is 0 Å². The molecule has 29 heavy (non-hydrogen) atoms. The van der Waals surface area contributed by atoms with Crippen LogP contribution in [0.2, 0.25) is 0 Å². The van der Waals surface area contributed by atoms with Crippen LogP contribution in [-0.2, 0) is 4.79 Å². The van der Waals surface area contributed by atoms with Crippen molar-refractivity contribution in [3.8, 4) is 17.2 Å². The number of para-hydroxylation sites is 2.